The summed E-state index contributed by atoms with van der Waals surface area (Å²) < 4.78 is 38.0. The minimum atomic E-state index is -4.41. The lowest BCUT2D eigenvalue weighted by Crippen LogP contribution is -2.06. The normalized spacial score (nSPS) is 11.6. The fraction of sp³-hybridized carbons (Fsp3) is 0.100. The molecule has 1 aromatic heterocycles. The van der Waals surface area contributed by atoms with Gasteiger partial charge in [-0.25, -0.2) is 4.98 Å². The number of thiazole rings is 1. The summed E-state index contributed by atoms with van der Waals surface area (Å²) in [6.45, 7) is 0. The van der Waals surface area contributed by atoms with Gasteiger partial charge < -0.3 is 5.32 Å². The van der Waals surface area contributed by atoms with Gasteiger partial charge in [0.25, 0.3) is 0 Å². The summed E-state index contributed by atoms with van der Waals surface area (Å²) in [6.07, 6.45) is -4.41. The van der Waals surface area contributed by atoms with E-state index in [-0.39, 0.29) is 4.47 Å². The molecule has 2 rings (SSSR count). The lowest BCUT2D eigenvalue weighted by molar-refractivity contribution is -0.138. The summed E-state index contributed by atoms with van der Waals surface area (Å²) in [5, 5.41) is 5.10. The Morgan fingerprint density at radius 3 is 2.61 bits per heavy atom. The first-order valence-electron chi connectivity index (χ1n) is 4.61. The van der Waals surface area contributed by atoms with Gasteiger partial charge in [0.15, 0.2) is 5.13 Å². The predicted octanol–water partition coefficient (Wildman–Crippen LogP) is 5.32. The largest absolute Gasteiger partial charge is 0.417 e. The summed E-state index contributed by atoms with van der Waals surface area (Å²) in [5.41, 5.74) is -0.438. The Bertz CT molecular complexity index is 570. The number of rotatable bonds is 2. The number of nitrogens with one attached hydrogen (secondary N) is 1. The number of hydrogen-bond acceptors (Lipinski definition) is 3. The molecule has 0 saturated heterocycles. The molecule has 0 bridgehead atoms. The third-order valence-corrected chi connectivity index (χ3v) is 3.77. The van der Waals surface area contributed by atoms with Gasteiger partial charge in [-0.3, -0.25) is 0 Å². The Balaban J connectivity index is 2.30. The van der Waals surface area contributed by atoms with Crippen molar-refractivity contribution in [1.82, 2.24) is 4.98 Å². The molecule has 2 aromatic rings. The molecule has 0 unspecified atom stereocenters. The van der Waals surface area contributed by atoms with Crippen molar-refractivity contribution in [3.8, 4) is 0 Å². The molecule has 96 valence electrons. The third-order valence-electron chi connectivity index (χ3n) is 2.00. The predicted molar refractivity (Wildman–Crippen MR) is 69.6 cm³/mol. The zero-order chi connectivity index (χ0) is 13.3. The minimum absolute atomic E-state index is 0.00211. The summed E-state index contributed by atoms with van der Waals surface area (Å²) >= 11 is 9.72. The van der Waals surface area contributed by atoms with E-state index in [4.69, 9.17) is 11.6 Å². The molecule has 18 heavy (non-hydrogen) atoms. The number of anilines is 2. The second-order valence-corrected chi connectivity index (χ2v) is 5.39. The van der Waals surface area contributed by atoms with Crippen molar-refractivity contribution in [2.24, 2.45) is 0 Å². The summed E-state index contributed by atoms with van der Waals surface area (Å²) in [4.78, 5) is 3.90. The highest BCUT2D eigenvalue weighted by Crippen LogP contribution is 2.37. The number of aromatic nitrogens is 1. The number of benzene rings is 1. The van der Waals surface area contributed by atoms with Gasteiger partial charge in [-0.15, -0.1) is 11.3 Å². The van der Waals surface area contributed by atoms with Crippen molar-refractivity contribution in [3.63, 3.8) is 0 Å². The third kappa shape index (κ3) is 3.15. The maximum absolute atomic E-state index is 12.7. The van der Waals surface area contributed by atoms with Crippen molar-refractivity contribution >= 4 is 49.7 Å². The maximum Gasteiger partial charge on any atom is 0.417 e. The van der Waals surface area contributed by atoms with Crippen LogP contribution in [0, 0.1) is 0 Å². The molecule has 8 heteroatoms. The maximum atomic E-state index is 12.7. The second-order valence-electron chi connectivity index (χ2n) is 3.29. The number of alkyl halides is 3. The van der Waals surface area contributed by atoms with E-state index < -0.39 is 11.7 Å². The van der Waals surface area contributed by atoms with E-state index in [1.54, 1.807) is 5.38 Å². The van der Waals surface area contributed by atoms with Crippen LogP contribution in [0.25, 0.3) is 0 Å². The van der Waals surface area contributed by atoms with Crippen LogP contribution in [0.5, 0.6) is 0 Å². The molecule has 0 radical (unpaired) electrons. The second kappa shape index (κ2) is 5.07. The van der Waals surface area contributed by atoms with Crippen LogP contribution in [0.3, 0.4) is 0 Å². The van der Waals surface area contributed by atoms with E-state index in [9.17, 15) is 13.2 Å². The Hall–Kier alpha value is -0.790. The molecule has 1 aromatic carbocycles. The van der Waals surface area contributed by atoms with E-state index >= 15 is 0 Å². The highest BCUT2D eigenvalue weighted by Gasteiger charge is 2.33. The fourth-order valence-electron chi connectivity index (χ4n) is 1.26. The summed E-state index contributed by atoms with van der Waals surface area (Å²) in [5.74, 6) is 0. The molecule has 0 atom stereocenters. The lowest BCUT2D eigenvalue weighted by atomic mass is 10.2. The SMILES string of the molecule is FC(F)(F)c1cc(Nc2nc(Cl)cs2)ccc1Br. The Morgan fingerprint density at radius 1 is 1.33 bits per heavy atom. The van der Waals surface area contributed by atoms with Crippen molar-refractivity contribution in [2.75, 3.05) is 5.32 Å². The fourth-order valence-corrected chi connectivity index (χ4v) is 2.58. The molecular formula is C10H5BrClF3N2S. The average Bonchev–Trinajstić information content (AvgIpc) is 2.65. The number of halogens is 5. The van der Waals surface area contributed by atoms with Crippen LogP contribution >= 0.6 is 38.9 Å². The van der Waals surface area contributed by atoms with E-state index in [1.165, 1.54) is 23.5 Å². The minimum Gasteiger partial charge on any atom is -0.331 e. The van der Waals surface area contributed by atoms with E-state index in [0.29, 0.717) is 16.0 Å². The van der Waals surface area contributed by atoms with Crippen LogP contribution in [0.15, 0.2) is 28.1 Å². The monoisotopic (exact) mass is 356 g/mol. The van der Waals surface area contributed by atoms with E-state index in [1.807, 2.05) is 0 Å². The van der Waals surface area contributed by atoms with Crippen LogP contribution in [0.4, 0.5) is 24.0 Å². The first kappa shape index (κ1) is 13.6. The van der Waals surface area contributed by atoms with Crippen LogP contribution in [0.2, 0.25) is 5.15 Å². The molecule has 0 aliphatic carbocycles. The number of hydrogen-bond donors (Lipinski definition) is 1. The first-order chi connectivity index (χ1) is 8.36. The van der Waals surface area contributed by atoms with Crippen LogP contribution < -0.4 is 5.32 Å². The average molecular weight is 358 g/mol. The van der Waals surface area contributed by atoms with Crippen molar-refractivity contribution in [2.45, 2.75) is 6.18 Å². The van der Waals surface area contributed by atoms with Crippen molar-refractivity contribution < 1.29 is 13.2 Å². The molecular weight excluding hydrogens is 353 g/mol. The molecule has 0 saturated carbocycles. The molecule has 1 N–H and O–H groups in total. The standard InChI is InChI=1S/C10H5BrClF3N2S/c11-7-2-1-5(3-6(7)10(13,14)15)16-9-17-8(12)4-18-9/h1-4H,(H,16,17). The van der Waals surface area contributed by atoms with Crippen LogP contribution in [-0.4, -0.2) is 4.98 Å². The quantitative estimate of drug-likeness (QED) is 0.786. The summed E-state index contributed by atoms with van der Waals surface area (Å²) in [6, 6.07) is 3.87. The Kier molecular flexibility index (Phi) is 3.84. The molecule has 0 aliphatic rings. The number of nitrogens with zero attached hydrogens (tertiary/aromatic N) is 1. The molecule has 2 nitrogen and oxygen atoms in total. The highest BCUT2D eigenvalue weighted by molar-refractivity contribution is 9.10. The van der Waals surface area contributed by atoms with Crippen LogP contribution in [0.1, 0.15) is 5.56 Å². The van der Waals surface area contributed by atoms with Gasteiger partial charge in [0.2, 0.25) is 0 Å². The van der Waals surface area contributed by atoms with Gasteiger partial charge in [0, 0.05) is 15.5 Å². The smallest absolute Gasteiger partial charge is 0.331 e. The van der Waals surface area contributed by atoms with E-state index in [0.717, 1.165) is 6.07 Å². The van der Waals surface area contributed by atoms with Crippen LogP contribution in [-0.2, 0) is 6.18 Å². The molecule has 0 spiro atoms. The van der Waals surface area contributed by atoms with Crippen molar-refractivity contribution in [3.05, 3.63) is 38.8 Å². The first-order valence-corrected chi connectivity index (χ1v) is 6.66. The molecule has 0 aliphatic heterocycles. The zero-order valence-electron chi connectivity index (χ0n) is 8.55. The van der Waals surface area contributed by atoms with Gasteiger partial charge in [-0.1, -0.05) is 27.5 Å². The van der Waals surface area contributed by atoms with Crippen molar-refractivity contribution in [1.29, 1.82) is 0 Å². The lowest BCUT2D eigenvalue weighted by Gasteiger charge is -2.11. The van der Waals surface area contributed by atoms with Gasteiger partial charge in [0.05, 0.1) is 5.56 Å². The van der Waals surface area contributed by atoms with E-state index in [2.05, 4.69) is 26.2 Å². The van der Waals surface area contributed by atoms with Gasteiger partial charge in [-0.05, 0) is 18.2 Å². The summed E-state index contributed by atoms with van der Waals surface area (Å²) in [7, 11) is 0. The van der Waals surface area contributed by atoms with Gasteiger partial charge in [0.1, 0.15) is 5.15 Å². The molecule has 1 heterocycles. The zero-order valence-corrected chi connectivity index (χ0v) is 11.7. The van der Waals surface area contributed by atoms with Gasteiger partial charge in [-0.2, -0.15) is 13.2 Å². The molecule has 0 fully saturated rings. The van der Waals surface area contributed by atoms with Gasteiger partial charge >= 0.3 is 6.18 Å². The molecule has 0 amide bonds. The highest BCUT2D eigenvalue weighted by atomic mass is 79.9. The Morgan fingerprint density at radius 2 is 2.06 bits per heavy atom. The Labute approximate surface area is 118 Å². The topological polar surface area (TPSA) is 24.9 Å².